The van der Waals surface area contributed by atoms with Gasteiger partial charge in [0.2, 0.25) is 5.88 Å². The molecule has 0 radical (unpaired) electrons. The number of rotatable bonds is 5. The highest BCUT2D eigenvalue weighted by Gasteiger charge is 2.23. The van der Waals surface area contributed by atoms with E-state index in [2.05, 4.69) is 0 Å². The number of halogens is 2. The van der Waals surface area contributed by atoms with Crippen LogP contribution in [0.25, 0.3) is 22.7 Å². The van der Waals surface area contributed by atoms with Crippen LogP contribution < -0.4 is 4.74 Å². The summed E-state index contributed by atoms with van der Waals surface area (Å²) in [6.07, 6.45) is 1.46. The zero-order chi connectivity index (χ0) is 20.3. The summed E-state index contributed by atoms with van der Waals surface area (Å²) < 4.78 is 12.4. The van der Waals surface area contributed by atoms with Gasteiger partial charge in [0.25, 0.3) is 0 Å². The molecule has 3 rings (SSSR count). The number of hydrogen-bond acceptors (Lipinski definition) is 4. The van der Waals surface area contributed by atoms with E-state index in [4.69, 9.17) is 32.7 Å². The molecule has 0 unspecified atom stereocenters. The van der Waals surface area contributed by atoms with E-state index in [0.29, 0.717) is 33.8 Å². The quantitative estimate of drug-likeness (QED) is 0.317. The zero-order valence-corrected chi connectivity index (χ0v) is 16.7. The van der Waals surface area contributed by atoms with Crippen LogP contribution in [0.3, 0.4) is 0 Å². The van der Waals surface area contributed by atoms with Crippen molar-refractivity contribution in [2.45, 2.75) is 6.92 Å². The fourth-order valence-electron chi connectivity index (χ4n) is 2.98. The average Bonchev–Trinajstić information content (AvgIpc) is 2.99. The first-order valence-electron chi connectivity index (χ1n) is 8.44. The lowest BCUT2D eigenvalue weighted by molar-refractivity contribution is -0.135. The van der Waals surface area contributed by atoms with E-state index in [1.807, 2.05) is 37.3 Å². The van der Waals surface area contributed by atoms with E-state index in [0.717, 1.165) is 10.9 Å². The van der Waals surface area contributed by atoms with Crippen molar-refractivity contribution in [3.8, 4) is 17.6 Å². The molecule has 0 fully saturated rings. The first kappa shape index (κ1) is 19.8. The second kappa shape index (κ2) is 8.39. The highest BCUT2D eigenvalue weighted by Crippen LogP contribution is 2.41. The van der Waals surface area contributed by atoms with E-state index >= 15 is 0 Å². The van der Waals surface area contributed by atoms with E-state index < -0.39 is 5.97 Å². The van der Waals surface area contributed by atoms with Crippen molar-refractivity contribution >= 4 is 46.2 Å². The molecule has 0 aliphatic heterocycles. The second-order valence-corrected chi connectivity index (χ2v) is 6.55. The van der Waals surface area contributed by atoms with Crippen LogP contribution in [0, 0.1) is 11.3 Å². The summed E-state index contributed by atoms with van der Waals surface area (Å²) in [6.45, 7) is 2.20. The number of nitrogens with zero attached hydrogens (tertiary/aromatic N) is 2. The Morgan fingerprint density at radius 3 is 2.46 bits per heavy atom. The van der Waals surface area contributed by atoms with Gasteiger partial charge in [-0.2, -0.15) is 5.26 Å². The molecular formula is C21H16Cl2N2O3. The van der Waals surface area contributed by atoms with Crippen LogP contribution in [0.5, 0.6) is 5.88 Å². The number of ether oxygens (including phenoxy) is 2. The van der Waals surface area contributed by atoms with Crippen molar-refractivity contribution in [2.75, 3.05) is 13.7 Å². The Morgan fingerprint density at radius 1 is 1.18 bits per heavy atom. The van der Waals surface area contributed by atoms with E-state index in [-0.39, 0.29) is 5.57 Å². The van der Waals surface area contributed by atoms with E-state index in [1.54, 1.807) is 22.8 Å². The highest BCUT2D eigenvalue weighted by molar-refractivity contribution is 6.38. The first-order chi connectivity index (χ1) is 13.5. The van der Waals surface area contributed by atoms with Gasteiger partial charge in [0, 0.05) is 10.9 Å². The van der Waals surface area contributed by atoms with Crippen molar-refractivity contribution in [1.82, 2.24) is 4.57 Å². The largest absolute Gasteiger partial charge is 0.478 e. The van der Waals surface area contributed by atoms with Gasteiger partial charge in [0.15, 0.2) is 0 Å². The summed E-state index contributed by atoms with van der Waals surface area (Å²) in [5.74, 6) is -0.298. The van der Waals surface area contributed by atoms with Crippen LogP contribution in [0.15, 0.2) is 48.0 Å². The maximum absolute atomic E-state index is 11.9. The maximum Gasteiger partial charge on any atom is 0.348 e. The molecule has 28 heavy (non-hydrogen) atoms. The van der Waals surface area contributed by atoms with Crippen LogP contribution in [-0.4, -0.2) is 24.3 Å². The standard InChI is InChI=1S/C21H16Cl2N2O3/c1-3-28-20-15(11-13(12-24)21(26)27-2)14-7-4-5-10-18(14)25(20)19-16(22)8-6-9-17(19)23/h4-11H,3H2,1-2H3. The number of carbonyl (C=O) groups is 1. The van der Waals surface area contributed by atoms with Gasteiger partial charge in [-0.15, -0.1) is 0 Å². The van der Waals surface area contributed by atoms with Crippen LogP contribution in [0.1, 0.15) is 12.5 Å². The van der Waals surface area contributed by atoms with Gasteiger partial charge in [0.1, 0.15) is 11.6 Å². The molecule has 0 spiro atoms. The molecule has 5 nitrogen and oxygen atoms in total. The molecule has 0 bridgehead atoms. The lowest BCUT2D eigenvalue weighted by Crippen LogP contribution is -2.05. The number of esters is 1. The lowest BCUT2D eigenvalue weighted by atomic mass is 10.1. The second-order valence-electron chi connectivity index (χ2n) is 5.74. The van der Waals surface area contributed by atoms with Crippen molar-refractivity contribution in [3.63, 3.8) is 0 Å². The Bertz CT molecular complexity index is 1110. The summed E-state index contributed by atoms with van der Waals surface area (Å²) in [4.78, 5) is 11.9. The molecule has 0 atom stereocenters. The minimum Gasteiger partial charge on any atom is -0.478 e. The Morgan fingerprint density at radius 2 is 1.86 bits per heavy atom. The molecule has 0 saturated heterocycles. The molecular weight excluding hydrogens is 399 g/mol. The smallest absolute Gasteiger partial charge is 0.348 e. The number of nitriles is 1. The van der Waals surface area contributed by atoms with Crippen LogP contribution in [0.4, 0.5) is 0 Å². The van der Waals surface area contributed by atoms with Crippen LogP contribution >= 0.6 is 23.2 Å². The van der Waals surface area contributed by atoms with Crippen molar-refractivity contribution in [2.24, 2.45) is 0 Å². The molecule has 142 valence electrons. The molecule has 2 aromatic carbocycles. The lowest BCUT2D eigenvalue weighted by Gasteiger charge is -2.14. The number of para-hydroxylation sites is 2. The molecule has 3 aromatic rings. The number of carbonyl (C=O) groups excluding carboxylic acids is 1. The Labute approximate surface area is 172 Å². The summed E-state index contributed by atoms with van der Waals surface area (Å²) in [5, 5.41) is 11.0. The number of fused-ring (bicyclic) bond motifs is 1. The Kier molecular flexibility index (Phi) is 5.93. The third kappa shape index (κ3) is 3.45. The summed E-state index contributed by atoms with van der Waals surface area (Å²) in [7, 11) is 1.23. The topological polar surface area (TPSA) is 64.2 Å². The molecule has 7 heteroatoms. The first-order valence-corrected chi connectivity index (χ1v) is 9.19. The van der Waals surface area contributed by atoms with Crippen molar-refractivity contribution in [3.05, 3.63) is 63.6 Å². The van der Waals surface area contributed by atoms with Crippen LogP contribution in [-0.2, 0) is 9.53 Å². The van der Waals surface area contributed by atoms with Crippen LogP contribution in [0.2, 0.25) is 10.0 Å². The fourth-order valence-corrected chi connectivity index (χ4v) is 3.54. The molecule has 0 aliphatic carbocycles. The monoisotopic (exact) mass is 414 g/mol. The van der Waals surface area contributed by atoms with Gasteiger partial charge in [-0.3, -0.25) is 4.57 Å². The Hall–Kier alpha value is -2.94. The predicted molar refractivity (Wildman–Crippen MR) is 110 cm³/mol. The number of aromatic nitrogens is 1. The van der Waals surface area contributed by atoms with Gasteiger partial charge < -0.3 is 9.47 Å². The zero-order valence-electron chi connectivity index (χ0n) is 15.2. The van der Waals surface area contributed by atoms with E-state index in [1.165, 1.54) is 13.2 Å². The number of hydrogen-bond donors (Lipinski definition) is 0. The minimum atomic E-state index is -0.724. The molecule has 1 heterocycles. The minimum absolute atomic E-state index is 0.142. The average molecular weight is 415 g/mol. The molecule has 1 aromatic heterocycles. The molecule has 0 aliphatic rings. The predicted octanol–water partition coefficient (Wildman–Crippen LogP) is 5.42. The summed E-state index contributed by atoms with van der Waals surface area (Å²) >= 11 is 12.9. The summed E-state index contributed by atoms with van der Waals surface area (Å²) in [6, 6.07) is 14.6. The van der Waals surface area contributed by atoms with Gasteiger partial charge in [-0.25, -0.2) is 4.79 Å². The van der Waals surface area contributed by atoms with Gasteiger partial charge in [-0.1, -0.05) is 47.5 Å². The van der Waals surface area contributed by atoms with Crippen molar-refractivity contribution < 1.29 is 14.3 Å². The highest BCUT2D eigenvalue weighted by atomic mass is 35.5. The fraction of sp³-hybridized carbons (Fsp3) is 0.143. The molecule has 0 amide bonds. The van der Waals surface area contributed by atoms with E-state index in [9.17, 15) is 10.1 Å². The van der Waals surface area contributed by atoms with Gasteiger partial charge in [0.05, 0.1) is 35.0 Å². The number of benzene rings is 2. The third-order valence-corrected chi connectivity index (χ3v) is 4.74. The summed E-state index contributed by atoms with van der Waals surface area (Å²) in [5.41, 5.74) is 1.75. The molecule has 0 saturated carbocycles. The maximum atomic E-state index is 11.9. The Balaban J connectivity index is 2.44. The van der Waals surface area contributed by atoms with Gasteiger partial charge >= 0.3 is 5.97 Å². The van der Waals surface area contributed by atoms with Crippen molar-refractivity contribution in [1.29, 1.82) is 5.26 Å². The third-order valence-electron chi connectivity index (χ3n) is 4.13. The van der Waals surface area contributed by atoms with Gasteiger partial charge in [-0.05, 0) is 31.2 Å². The normalized spacial score (nSPS) is 11.3. The number of methoxy groups -OCH3 is 1. The SMILES string of the molecule is CCOc1c(C=C(C#N)C(=O)OC)c2ccccc2n1-c1c(Cl)cccc1Cl. The molecule has 0 N–H and O–H groups in total.